The van der Waals surface area contributed by atoms with Crippen molar-refractivity contribution < 1.29 is 27.9 Å². The Morgan fingerprint density at radius 2 is 2.04 bits per heavy atom. The molecule has 1 atom stereocenters. The van der Waals surface area contributed by atoms with Gasteiger partial charge in [0.05, 0.1) is 11.7 Å². The number of fused-ring (bicyclic) bond motifs is 1. The van der Waals surface area contributed by atoms with Gasteiger partial charge in [-0.2, -0.15) is 5.06 Å². The highest BCUT2D eigenvalue weighted by atomic mass is 19.4. The Kier molecular flexibility index (Phi) is 4.99. The van der Waals surface area contributed by atoms with Crippen LogP contribution in [0.5, 0.6) is 5.75 Å². The molecule has 0 fully saturated rings. The molecule has 3 rings (SSSR count). The lowest BCUT2D eigenvalue weighted by molar-refractivity contribution is -0.274. The molecule has 0 bridgehead atoms. The minimum absolute atomic E-state index is 0.294. The number of ether oxygens (including phenoxy) is 1. The number of nitrogens with two attached hydrogens (primary N) is 1. The number of rotatable bonds is 4. The molecular formula is C18H18F3N3O3. The third kappa shape index (κ3) is 4.32. The Morgan fingerprint density at radius 1 is 1.30 bits per heavy atom. The summed E-state index contributed by atoms with van der Waals surface area (Å²) in [6.45, 7) is 0.400. The van der Waals surface area contributed by atoms with Gasteiger partial charge in [0.2, 0.25) is 0 Å². The minimum Gasteiger partial charge on any atom is -0.406 e. The third-order valence-corrected chi connectivity index (χ3v) is 4.25. The van der Waals surface area contributed by atoms with Crippen LogP contribution in [0.1, 0.15) is 11.1 Å². The van der Waals surface area contributed by atoms with E-state index in [2.05, 4.69) is 4.74 Å². The quantitative estimate of drug-likeness (QED) is 0.797. The molecule has 1 heterocycles. The zero-order valence-electron chi connectivity index (χ0n) is 14.4. The van der Waals surface area contributed by atoms with E-state index in [0.29, 0.717) is 29.4 Å². The summed E-state index contributed by atoms with van der Waals surface area (Å²) < 4.78 is 41.1. The predicted octanol–water partition coefficient (Wildman–Crippen LogP) is 2.83. The monoisotopic (exact) mass is 381 g/mol. The van der Waals surface area contributed by atoms with Crippen molar-refractivity contribution in [3.63, 3.8) is 0 Å². The average molecular weight is 381 g/mol. The Hall–Kier alpha value is -2.78. The number of anilines is 2. The van der Waals surface area contributed by atoms with Crippen LogP contribution in [0.15, 0.2) is 42.5 Å². The highest BCUT2D eigenvalue weighted by Gasteiger charge is 2.31. The van der Waals surface area contributed by atoms with Crippen molar-refractivity contribution in [1.29, 1.82) is 0 Å². The number of hydroxylamine groups is 1. The van der Waals surface area contributed by atoms with Crippen LogP contribution in [0.4, 0.5) is 24.5 Å². The van der Waals surface area contributed by atoms with E-state index in [1.54, 1.807) is 30.1 Å². The van der Waals surface area contributed by atoms with E-state index in [4.69, 9.17) is 5.73 Å². The fourth-order valence-corrected chi connectivity index (χ4v) is 2.99. The van der Waals surface area contributed by atoms with Gasteiger partial charge >= 0.3 is 6.36 Å². The Balaban J connectivity index is 1.77. The van der Waals surface area contributed by atoms with E-state index in [0.717, 1.165) is 11.1 Å². The number of benzene rings is 2. The van der Waals surface area contributed by atoms with Crippen LogP contribution < -0.4 is 20.4 Å². The van der Waals surface area contributed by atoms with Gasteiger partial charge in [0, 0.05) is 25.3 Å². The number of nitrogens with zero attached hydrogens (tertiary/aromatic N) is 2. The molecule has 1 aliphatic heterocycles. The number of alkyl halides is 3. The number of hydrogen-bond donors (Lipinski definition) is 2. The van der Waals surface area contributed by atoms with Crippen molar-refractivity contribution in [3.05, 3.63) is 53.6 Å². The maximum absolute atomic E-state index is 12.4. The van der Waals surface area contributed by atoms with Gasteiger partial charge in [-0.3, -0.25) is 10.0 Å². The smallest absolute Gasteiger partial charge is 0.406 e. The number of amides is 1. The van der Waals surface area contributed by atoms with E-state index in [-0.39, 0.29) is 5.75 Å². The van der Waals surface area contributed by atoms with Crippen molar-refractivity contribution in [3.8, 4) is 5.75 Å². The standard InChI is InChI=1S/C18H18F3N3O3/c1-23(13-3-2-4-14(9-13)27-18(19,20)21)10-11-5-6-16-12(7-11)8-15(22)17(25)24(16)26/h2-7,9,15,26H,8,10,22H2,1H3/t15-/m0/s1. The SMILES string of the molecule is CN(Cc1ccc2c(c1)C[C@H](N)C(=O)N2O)c1cccc(OC(F)(F)F)c1. The Bertz CT molecular complexity index is 857. The third-order valence-electron chi connectivity index (χ3n) is 4.25. The molecule has 27 heavy (non-hydrogen) atoms. The largest absolute Gasteiger partial charge is 0.573 e. The number of carbonyl (C=O) groups is 1. The molecule has 0 saturated carbocycles. The highest BCUT2D eigenvalue weighted by molar-refractivity contribution is 5.98. The summed E-state index contributed by atoms with van der Waals surface area (Å²) in [6, 6.07) is 10.0. The van der Waals surface area contributed by atoms with Crippen molar-refractivity contribution >= 4 is 17.3 Å². The van der Waals surface area contributed by atoms with Gasteiger partial charge in [-0.15, -0.1) is 13.2 Å². The zero-order chi connectivity index (χ0) is 19.8. The van der Waals surface area contributed by atoms with Crippen LogP contribution in [0.25, 0.3) is 0 Å². The van der Waals surface area contributed by atoms with Crippen LogP contribution in [-0.2, 0) is 17.8 Å². The maximum Gasteiger partial charge on any atom is 0.573 e. The van der Waals surface area contributed by atoms with Crippen molar-refractivity contribution in [1.82, 2.24) is 0 Å². The first-order valence-corrected chi connectivity index (χ1v) is 8.11. The van der Waals surface area contributed by atoms with E-state index in [9.17, 15) is 23.2 Å². The Morgan fingerprint density at radius 3 is 2.74 bits per heavy atom. The summed E-state index contributed by atoms with van der Waals surface area (Å²) in [5.41, 5.74) is 8.24. The fraction of sp³-hybridized carbons (Fsp3) is 0.278. The van der Waals surface area contributed by atoms with Crippen LogP contribution in [-0.4, -0.2) is 30.6 Å². The van der Waals surface area contributed by atoms with Crippen molar-refractivity contribution in [2.75, 3.05) is 17.0 Å². The molecule has 0 radical (unpaired) electrons. The molecule has 2 aromatic rings. The second-order valence-electron chi connectivity index (χ2n) is 6.32. The first-order chi connectivity index (χ1) is 12.6. The molecule has 3 N–H and O–H groups in total. The molecule has 1 aliphatic rings. The molecular weight excluding hydrogens is 363 g/mol. The van der Waals surface area contributed by atoms with Gasteiger partial charge in [0.15, 0.2) is 0 Å². The van der Waals surface area contributed by atoms with Crippen LogP contribution >= 0.6 is 0 Å². The molecule has 0 saturated heterocycles. The summed E-state index contributed by atoms with van der Waals surface area (Å²) in [5.74, 6) is -0.855. The summed E-state index contributed by atoms with van der Waals surface area (Å²) >= 11 is 0. The fourth-order valence-electron chi connectivity index (χ4n) is 2.99. The summed E-state index contributed by atoms with van der Waals surface area (Å²) in [7, 11) is 1.74. The van der Waals surface area contributed by atoms with Gasteiger partial charge in [-0.1, -0.05) is 18.2 Å². The Labute approximate surface area is 153 Å². The lowest BCUT2D eigenvalue weighted by Crippen LogP contribution is -2.47. The number of hydrogen-bond acceptors (Lipinski definition) is 5. The highest BCUT2D eigenvalue weighted by Crippen LogP contribution is 2.29. The summed E-state index contributed by atoms with van der Waals surface area (Å²) in [5, 5.41) is 10.4. The van der Waals surface area contributed by atoms with Gasteiger partial charge in [-0.05, 0) is 35.7 Å². The maximum atomic E-state index is 12.4. The molecule has 0 spiro atoms. The normalized spacial score (nSPS) is 16.9. The molecule has 0 aromatic heterocycles. The summed E-state index contributed by atoms with van der Waals surface area (Å²) in [4.78, 5) is 13.5. The second kappa shape index (κ2) is 7.09. The molecule has 9 heteroatoms. The van der Waals surface area contributed by atoms with Crippen LogP contribution in [0.2, 0.25) is 0 Å². The zero-order valence-corrected chi connectivity index (χ0v) is 14.4. The summed E-state index contributed by atoms with van der Waals surface area (Å²) in [6.07, 6.45) is -4.44. The first kappa shape index (κ1) is 19.0. The predicted molar refractivity (Wildman–Crippen MR) is 92.6 cm³/mol. The first-order valence-electron chi connectivity index (χ1n) is 8.11. The van der Waals surface area contributed by atoms with Gasteiger partial charge < -0.3 is 15.4 Å². The van der Waals surface area contributed by atoms with E-state index >= 15 is 0 Å². The molecule has 1 amide bonds. The molecule has 144 valence electrons. The van der Waals surface area contributed by atoms with Crippen molar-refractivity contribution in [2.24, 2.45) is 5.73 Å². The molecule has 0 unspecified atom stereocenters. The van der Waals surface area contributed by atoms with Crippen molar-refractivity contribution in [2.45, 2.75) is 25.4 Å². The lowest BCUT2D eigenvalue weighted by Gasteiger charge is -2.28. The molecule has 6 nitrogen and oxygen atoms in total. The van der Waals surface area contributed by atoms with Gasteiger partial charge in [-0.25, -0.2) is 0 Å². The molecule has 0 aliphatic carbocycles. The van der Waals surface area contributed by atoms with Gasteiger partial charge in [0.1, 0.15) is 5.75 Å². The lowest BCUT2D eigenvalue weighted by atomic mass is 9.97. The van der Waals surface area contributed by atoms with E-state index in [1.807, 2.05) is 6.07 Å². The van der Waals surface area contributed by atoms with Crippen LogP contribution in [0.3, 0.4) is 0 Å². The van der Waals surface area contributed by atoms with E-state index in [1.165, 1.54) is 18.2 Å². The van der Waals surface area contributed by atoms with E-state index < -0.39 is 18.3 Å². The molecule has 2 aromatic carbocycles. The average Bonchev–Trinajstić information content (AvgIpc) is 2.58. The minimum atomic E-state index is -4.75. The van der Waals surface area contributed by atoms with Gasteiger partial charge in [0.25, 0.3) is 5.91 Å². The second-order valence-corrected chi connectivity index (χ2v) is 6.32. The van der Waals surface area contributed by atoms with Crippen LogP contribution in [0, 0.1) is 0 Å². The number of carbonyl (C=O) groups excluding carboxylic acids is 1. The number of halogens is 3. The topological polar surface area (TPSA) is 79.0 Å².